The third kappa shape index (κ3) is 5.23. The minimum absolute atomic E-state index is 0.176. The number of hydrogen-bond donors (Lipinski definition) is 0. The lowest BCUT2D eigenvalue weighted by Crippen LogP contribution is -2.13. The Morgan fingerprint density at radius 3 is 2.50 bits per heavy atom. The van der Waals surface area contributed by atoms with Gasteiger partial charge in [0.05, 0.1) is 11.8 Å². The largest absolute Gasteiger partial charge is 0.466 e. The molecular formula is C23H30O3. The van der Waals surface area contributed by atoms with Gasteiger partial charge in [0.1, 0.15) is 12.4 Å². The van der Waals surface area contributed by atoms with Crippen LogP contribution in [0.4, 0.5) is 0 Å². The van der Waals surface area contributed by atoms with Crippen LogP contribution in [0.15, 0.2) is 47.1 Å². The molecule has 1 aliphatic carbocycles. The Labute approximate surface area is 156 Å². The van der Waals surface area contributed by atoms with E-state index in [1.807, 2.05) is 12.1 Å². The summed E-state index contributed by atoms with van der Waals surface area (Å²) in [6, 6.07) is 11.6. The lowest BCUT2D eigenvalue weighted by atomic mass is 9.77. The van der Waals surface area contributed by atoms with Crippen LogP contribution in [0, 0.1) is 5.92 Å². The van der Waals surface area contributed by atoms with Crippen molar-refractivity contribution in [2.24, 2.45) is 5.92 Å². The minimum Gasteiger partial charge on any atom is -0.466 e. The quantitative estimate of drug-likeness (QED) is 0.402. The maximum Gasteiger partial charge on any atom is 0.338 e. The Morgan fingerprint density at radius 1 is 1.08 bits per heavy atom. The predicted molar refractivity (Wildman–Crippen MR) is 103 cm³/mol. The van der Waals surface area contributed by atoms with E-state index in [1.165, 1.54) is 56.9 Å². The Morgan fingerprint density at radius 2 is 1.85 bits per heavy atom. The average molecular weight is 354 g/mol. The third-order valence-corrected chi connectivity index (χ3v) is 5.61. The first kappa shape index (κ1) is 18.8. The van der Waals surface area contributed by atoms with Crippen molar-refractivity contribution < 1.29 is 13.9 Å². The van der Waals surface area contributed by atoms with Crippen molar-refractivity contribution in [1.82, 2.24) is 0 Å². The smallest absolute Gasteiger partial charge is 0.338 e. The molecule has 140 valence electrons. The number of esters is 1. The van der Waals surface area contributed by atoms with Crippen LogP contribution in [0.5, 0.6) is 0 Å². The number of unbranched alkanes of at least 4 members (excludes halogenated alkanes) is 2. The number of ether oxygens (including phenoxy) is 1. The van der Waals surface area contributed by atoms with Gasteiger partial charge in [0.2, 0.25) is 0 Å². The van der Waals surface area contributed by atoms with Gasteiger partial charge in [-0.25, -0.2) is 4.79 Å². The number of furan rings is 1. The Kier molecular flexibility index (Phi) is 6.93. The fourth-order valence-electron chi connectivity index (χ4n) is 3.97. The van der Waals surface area contributed by atoms with Gasteiger partial charge < -0.3 is 9.15 Å². The Hall–Kier alpha value is -2.03. The predicted octanol–water partition coefficient (Wildman–Crippen LogP) is 6.49. The van der Waals surface area contributed by atoms with E-state index in [0.29, 0.717) is 17.2 Å². The number of carbonyl (C=O) groups is 1. The van der Waals surface area contributed by atoms with Crippen LogP contribution in [-0.2, 0) is 11.3 Å². The van der Waals surface area contributed by atoms with Gasteiger partial charge in [0.15, 0.2) is 0 Å². The van der Waals surface area contributed by atoms with E-state index in [-0.39, 0.29) is 12.6 Å². The molecule has 0 atom stereocenters. The van der Waals surface area contributed by atoms with E-state index in [9.17, 15) is 4.79 Å². The highest BCUT2D eigenvalue weighted by molar-refractivity contribution is 5.89. The molecule has 3 heteroatoms. The number of hydrogen-bond acceptors (Lipinski definition) is 3. The summed E-state index contributed by atoms with van der Waals surface area (Å²) in [6.45, 7) is 2.45. The van der Waals surface area contributed by atoms with Gasteiger partial charge in [0, 0.05) is 0 Å². The number of benzene rings is 1. The summed E-state index contributed by atoms with van der Waals surface area (Å²) < 4.78 is 10.5. The van der Waals surface area contributed by atoms with E-state index in [1.54, 1.807) is 18.4 Å². The lowest BCUT2D eigenvalue weighted by Gasteiger charge is -2.29. The monoisotopic (exact) mass is 354 g/mol. The zero-order chi connectivity index (χ0) is 18.2. The summed E-state index contributed by atoms with van der Waals surface area (Å²) in [7, 11) is 0. The molecule has 1 aromatic heterocycles. The highest BCUT2D eigenvalue weighted by Crippen LogP contribution is 2.37. The normalized spacial score (nSPS) is 20.0. The van der Waals surface area contributed by atoms with Gasteiger partial charge in [-0.2, -0.15) is 0 Å². The number of rotatable bonds is 8. The lowest BCUT2D eigenvalue weighted by molar-refractivity contribution is 0.0445. The second-order valence-electron chi connectivity index (χ2n) is 7.49. The first-order valence-electron chi connectivity index (χ1n) is 10.1. The molecule has 0 radical (unpaired) electrons. The van der Waals surface area contributed by atoms with Gasteiger partial charge in [-0.1, -0.05) is 44.7 Å². The van der Waals surface area contributed by atoms with Crippen molar-refractivity contribution in [3.05, 3.63) is 59.5 Å². The average Bonchev–Trinajstić information content (AvgIpc) is 3.21. The van der Waals surface area contributed by atoms with Crippen molar-refractivity contribution >= 4 is 5.97 Å². The minimum atomic E-state index is -0.299. The topological polar surface area (TPSA) is 39.4 Å². The molecule has 1 fully saturated rings. The maximum absolute atomic E-state index is 12.1. The fourth-order valence-corrected chi connectivity index (χ4v) is 3.97. The van der Waals surface area contributed by atoms with E-state index in [0.717, 1.165) is 5.92 Å². The summed E-state index contributed by atoms with van der Waals surface area (Å²) in [5, 5.41) is 0. The molecule has 3 nitrogen and oxygen atoms in total. The molecule has 3 rings (SSSR count). The zero-order valence-corrected chi connectivity index (χ0v) is 15.8. The van der Waals surface area contributed by atoms with Gasteiger partial charge in [-0.15, -0.1) is 0 Å². The first-order chi connectivity index (χ1) is 12.8. The zero-order valence-electron chi connectivity index (χ0n) is 15.8. The summed E-state index contributed by atoms with van der Waals surface area (Å²) in [5.41, 5.74) is 1.97. The molecular weight excluding hydrogens is 324 g/mol. The second-order valence-corrected chi connectivity index (χ2v) is 7.49. The summed E-state index contributed by atoms with van der Waals surface area (Å²) in [6.07, 6.45) is 12.3. The van der Waals surface area contributed by atoms with E-state index >= 15 is 0 Å². The van der Waals surface area contributed by atoms with Gasteiger partial charge in [-0.05, 0) is 67.3 Å². The van der Waals surface area contributed by atoms with Crippen molar-refractivity contribution in [2.75, 3.05) is 0 Å². The van der Waals surface area contributed by atoms with Crippen LogP contribution in [0.2, 0.25) is 0 Å². The second kappa shape index (κ2) is 9.61. The molecule has 1 heterocycles. The molecule has 0 saturated heterocycles. The fraction of sp³-hybridized carbons (Fsp3) is 0.522. The Balaban J connectivity index is 1.46. The van der Waals surface area contributed by atoms with Crippen LogP contribution >= 0.6 is 0 Å². The van der Waals surface area contributed by atoms with Crippen LogP contribution in [0.3, 0.4) is 0 Å². The van der Waals surface area contributed by atoms with Crippen LogP contribution in [0.1, 0.15) is 85.9 Å². The molecule has 0 N–H and O–H groups in total. The summed E-state index contributed by atoms with van der Waals surface area (Å²) in [4.78, 5) is 12.1. The maximum atomic E-state index is 12.1. The van der Waals surface area contributed by atoms with Gasteiger partial charge in [0.25, 0.3) is 0 Å². The van der Waals surface area contributed by atoms with E-state index in [2.05, 4.69) is 19.1 Å². The molecule has 0 amide bonds. The molecule has 0 spiro atoms. The molecule has 26 heavy (non-hydrogen) atoms. The van der Waals surface area contributed by atoms with Crippen molar-refractivity contribution in [3.63, 3.8) is 0 Å². The van der Waals surface area contributed by atoms with Crippen molar-refractivity contribution in [3.8, 4) is 0 Å². The van der Waals surface area contributed by atoms with E-state index in [4.69, 9.17) is 9.15 Å². The highest BCUT2D eigenvalue weighted by Gasteiger charge is 2.22. The van der Waals surface area contributed by atoms with Gasteiger partial charge in [-0.3, -0.25) is 0 Å². The van der Waals surface area contributed by atoms with E-state index < -0.39 is 0 Å². The SMILES string of the molecule is CCCCCC1CCC(c2ccc(C(=O)OCc3ccco3)cc2)CC1. The van der Waals surface area contributed by atoms with Crippen LogP contribution in [0.25, 0.3) is 0 Å². The van der Waals surface area contributed by atoms with Crippen LogP contribution in [-0.4, -0.2) is 5.97 Å². The number of carbonyl (C=O) groups excluding carboxylic acids is 1. The molecule has 1 saturated carbocycles. The van der Waals surface area contributed by atoms with Gasteiger partial charge >= 0.3 is 5.97 Å². The van der Waals surface area contributed by atoms with Crippen LogP contribution < -0.4 is 0 Å². The molecule has 2 aromatic rings. The first-order valence-corrected chi connectivity index (χ1v) is 10.1. The standard InChI is InChI=1S/C23H30O3/c1-2-3-4-6-18-8-10-19(11-9-18)20-12-14-21(15-13-20)23(24)26-17-22-7-5-16-25-22/h5,7,12-16,18-19H,2-4,6,8-11,17H2,1H3. The summed E-state index contributed by atoms with van der Waals surface area (Å²) in [5.74, 6) is 1.93. The Bertz CT molecular complexity index is 649. The molecule has 0 bridgehead atoms. The van der Waals surface area contributed by atoms with Crippen molar-refractivity contribution in [1.29, 1.82) is 0 Å². The third-order valence-electron chi connectivity index (χ3n) is 5.61. The summed E-state index contributed by atoms with van der Waals surface area (Å²) >= 11 is 0. The van der Waals surface area contributed by atoms with Crippen molar-refractivity contribution in [2.45, 2.75) is 70.8 Å². The molecule has 1 aliphatic rings. The highest BCUT2D eigenvalue weighted by atomic mass is 16.5. The molecule has 0 unspecified atom stereocenters. The molecule has 1 aromatic carbocycles. The molecule has 0 aliphatic heterocycles.